The first-order valence-corrected chi connectivity index (χ1v) is 6.84. The van der Waals surface area contributed by atoms with Crippen LogP contribution in [0.1, 0.15) is 32.6 Å². The molecule has 1 saturated heterocycles. The lowest BCUT2D eigenvalue weighted by Gasteiger charge is -2.27. The fourth-order valence-electron chi connectivity index (χ4n) is 2.21. The molecule has 0 spiro atoms. The molecule has 2 N–H and O–H groups in total. The first kappa shape index (κ1) is 12.8. The minimum Gasteiger partial charge on any atom is -0.379 e. The second-order valence-electron chi connectivity index (χ2n) is 5.45. The molecule has 2 fully saturated rings. The highest BCUT2D eigenvalue weighted by Gasteiger charge is 2.24. The number of rotatable bonds is 6. The standard InChI is InChI=1S/C13H24N2O2/c1-10-4-5-14-12(8-10)13(16)15-6-7-17-9-11-2-3-11/h10-12,14H,2-9H2,1H3,(H,15,16). The summed E-state index contributed by atoms with van der Waals surface area (Å²) in [7, 11) is 0. The summed E-state index contributed by atoms with van der Waals surface area (Å²) in [6.45, 7) is 5.31. The van der Waals surface area contributed by atoms with Crippen LogP contribution in [-0.2, 0) is 9.53 Å². The van der Waals surface area contributed by atoms with Gasteiger partial charge in [0.2, 0.25) is 5.91 Å². The number of hydrogen-bond donors (Lipinski definition) is 2. The third kappa shape index (κ3) is 4.64. The Hall–Kier alpha value is -0.610. The van der Waals surface area contributed by atoms with Crippen LogP contribution >= 0.6 is 0 Å². The second kappa shape index (κ2) is 6.36. The Labute approximate surface area is 103 Å². The smallest absolute Gasteiger partial charge is 0.237 e. The van der Waals surface area contributed by atoms with Crippen LogP contribution in [0.15, 0.2) is 0 Å². The van der Waals surface area contributed by atoms with Gasteiger partial charge < -0.3 is 15.4 Å². The van der Waals surface area contributed by atoms with Crippen LogP contribution in [0, 0.1) is 11.8 Å². The third-order valence-electron chi connectivity index (χ3n) is 3.58. The summed E-state index contributed by atoms with van der Waals surface area (Å²) < 4.78 is 5.48. The number of ether oxygens (including phenoxy) is 1. The molecule has 1 heterocycles. The van der Waals surface area contributed by atoms with Gasteiger partial charge in [-0.05, 0) is 44.1 Å². The van der Waals surface area contributed by atoms with Crippen LogP contribution in [0.25, 0.3) is 0 Å². The lowest BCUT2D eigenvalue weighted by molar-refractivity contribution is -0.124. The number of carbonyl (C=O) groups excluding carboxylic acids is 1. The van der Waals surface area contributed by atoms with Gasteiger partial charge in [-0.3, -0.25) is 4.79 Å². The Morgan fingerprint density at radius 2 is 2.24 bits per heavy atom. The normalized spacial score (nSPS) is 29.0. The van der Waals surface area contributed by atoms with E-state index in [-0.39, 0.29) is 11.9 Å². The molecule has 1 saturated carbocycles. The summed E-state index contributed by atoms with van der Waals surface area (Å²) in [5, 5.41) is 6.21. The molecule has 2 unspecified atom stereocenters. The maximum Gasteiger partial charge on any atom is 0.237 e. The van der Waals surface area contributed by atoms with E-state index >= 15 is 0 Å². The molecule has 0 bridgehead atoms. The van der Waals surface area contributed by atoms with Gasteiger partial charge in [0.15, 0.2) is 0 Å². The topological polar surface area (TPSA) is 50.4 Å². The van der Waals surface area contributed by atoms with Crippen LogP contribution < -0.4 is 10.6 Å². The minimum absolute atomic E-state index is 0.00202. The van der Waals surface area contributed by atoms with Gasteiger partial charge in [0.1, 0.15) is 0 Å². The highest BCUT2D eigenvalue weighted by Crippen LogP contribution is 2.28. The van der Waals surface area contributed by atoms with E-state index in [1.165, 1.54) is 19.3 Å². The maximum absolute atomic E-state index is 11.8. The molecule has 1 amide bonds. The number of carbonyl (C=O) groups is 1. The van der Waals surface area contributed by atoms with Crippen LogP contribution in [0.3, 0.4) is 0 Å². The van der Waals surface area contributed by atoms with Gasteiger partial charge in [-0.25, -0.2) is 0 Å². The molecule has 4 nitrogen and oxygen atoms in total. The fraction of sp³-hybridized carbons (Fsp3) is 0.923. The molecule has 0 aromatic heterocycles. The zero-order chi connectivity index (χ0) is 12.1. The first-order valence-electron chi connectivity index (χ1n) is 6.84. The van der Waals surface area contributed by atoms with Crippen molar-refractivity contribution in [3.8, 4) is 0 Å². The van der Waals surface area contributed by atoms with E-state index in [1.54, 1.807) is 0 Å². The van der Waals surface area contributed by atoms with E-state index in [1.807, 2.05) is 0 Å². The van der Waals surface area contributed by atoms with E-state index in [2.05, 4.69) is 17.6 Å². The van der Waals surface area contributed by atoms with Gasteiger partial charge in [0.25, 0.3) is 0 Å². The Morgan fingerprint density at radius 1 is 1.41 bits per heavy atom. The lowest BCUT2D eigenvalue weighted by Crippen LogP contribution is -2.49. The van der Waals surface area contributed by atoms with Crippen LogP contribution in [0.4, 0.5) is 0 Å². The van der Waals surface area contributed by atoms with E-state index < -0.39 is 0 Å². The molecule has 2 atom stereocenters. The number of piperidine rings is 1. The van der Waals surface area contributed by atoms with Gasteiger partial charge in [-0.15, -0.1) is 0 Å². The molecule has 0 aromatic carbocycles. The fourth-order valence-corrected chi connectivity index (χ4v) is 2.21. The number of amides is 1. The van der Waals surface area contributed by atoms with Gasteiger partial charge in [0.05, 0.1) is 12.6 Å². The summed E-state index contributed by atoms with van der Waals surface area (Å²) in [6, 6.07) is 0.00202. The van der Waals surface area contributed by atoms with Crippen LogP contribution in [0.2, 0.25) is 0 Å². The van der Waals surface area contributed by atoms with Gasteiger partial charge in [-0.2, -0.15) is 0 Å². The van der Waals surface area contributed by atoms with Crippen molar-refractivity contribution in [2.24, 2.45) is 11.8 Å². The minimum atomic E-state index is 0.00202. The molecule has 1 aliphatic carbocycles. The largest absolute Gasteiger partial charge is 0.379 e. The molecule has 2 aliphatic rings. The Balaban J connectivity index is 1.52. The molecular weight excluding hydrogens is 216 g/mol. The quantitative estimate of drug-likeness (QED) is 0.679. The molecule has 1 aliphatic heterocycles. The van der Waals surface area contributed by atoms with Crippen molar-refractivity contribution in [3.05, 3.63) is 0 Å². The van der Waals surface area contributed by atoms with Crippen LogP contribution in [0.5, 0.6) is 0 Å². The van der Waals surface area contributed by atoms with Crippen molar-refractivity contribution in [2.75, 3.05) is 26.3 Å². The van der Waals surface area contributed by atoms with Crippen LogP contribution in [-0.4, -0.2) is 38.3 Å². The van der Waals surface area contributed by atoms with Crippen molar-refractivity contribution in [2.45, 2.75) is 38.6 Å². The maximum atomic E-state index is 11.8. The van der Waals surface area contributed by atoms with E-state index in [0.29, 0.717) is 19.1 Å². The Morgan fingerprint density at radius 3 is 2.94 bits per heavy atom. The molecule has 17 heavy (non-hydrogen) atoms. The average molecular weight is 240 g/mol. The predicted molar refractivity (Wildman–Crippen MR) is 66.7 cm³/mol. The van der Waals surface area contributed by atoms with E-state index in [0.717, 1.165) is 25.5 Å². The zero-order valence-corrected chi connectivity index (χ0v) is 10.7. The average Bonchev–Trinajstić information content (AvgIpc) is 3.12. The summed E-state index contributed by atoms with van der Waals surface area (Å²) >= 11 is 0. The monoisotopic (exact) mass is 240 g/mol. The van der Waals surface area contributed by atoms with Crippen molar-refractivity contribution >= 4 is 5.91 Å². The zero-order valence-electron chi connectivity index (χ0n) is 10.7. The Bertz CT molecular complexity index is 254. The summed E-state index contributed by atoms with van der Waals surface area (Å²) in [4.78, 5) is 11.8. The van der Waals surface area contributed by atoms with Crippen molar-refractivity contribution in [3.63, 3.8) is 0 Å². The van der Waals surface area contributed by atoms with Crippen molar-refractivity contribution < 1.29 is 9.53 Å². The molecule has 2 rings (SSSR count). The third-order valence-corrected chi connectivity index (χ3v) is 3.58. The van der Waals surface area contributed by atoms with E-state index in [9.17, 15) is 4.79 Å². The summed E-state index contributed by atoms with van der Waals surface area (Å²) in [6.07, 6.45) is 4.76. The molecule has 0 aromatic rings. The predicted octanol–water partition coefficient (Wildman–Crippen LogP) is 0.917. The molecule has 0 radical (unpaired) electrons. The molecular formula is C13H24N2O2. The molecule has 98 valence electrons. The summed E-state index contributed by atoms with van der Waals surface area (Å²) in [5.74, 6) is 1.58. The highest BCUT2D eigenvalue weighted by atomic mass is 16.5. The Kier molecular flexibility index (Phi) is 4.80. The van der Waals surface area contributed by atoms with E-state index in [4.69, 9.17) is 4.74 Å². The van der Waals surface area contributed by atoms with Crippen molar-refractivity contribution in [1.29, 1.82) is 0 Å². The lowest BCUT2D eigenvalue weighted by atomic mass is 9.94. The van der Waals surface area contributed by atoms with Gasteiger partial charge in [0, 0.05) is 13.2 Å². The first-order chi connectivity index (χ1) is 8.25. The SMILES string of the molecule is CC1CCNC(C(=O)NCCOCC2CC2)C1. The number of nitrogens with one attached hydrogen (secondary N) is 2. The second-order valence-corrected chi connectivity index (χ2v) is 5.45. The van der Waals surface area contributed by atoms with Gasteiger partial charge in [-0.1, -0.05) is 6.92 Å². The molecule has 4 heteroatoms. The highest BCUT2D eigenvalue weighted by molar-refractivity contribution is 5.81. The van der Waals surface area contributed by atoms with Gasteiger partial charge >= 0.3 is 0 Å². The summed E-state index contributed by atoms with van der Waals surface area (Å²) in [5.41, 5.74) is 0. The van der Waals surface area contributed by atoms with Crippen molar-refractivity contribution in [1.82, 2.24) is 10.6 Å². The number of hydrogen-bond acceptors (Lipinski definition) is 3.